The highest BCUT2D eigenvalue weighted by atomic mass is 32.2. The highest BCUT2D eigenvalue weighted by Crippen LogP contribution is 2.42. The third-order valence-electron chi connectivity index (χ3n) is 7.43. The first-order valence-electron chi connectivity index (χ1n) is 14.2. The topological polar surface area (TPSA) is 120 Å². The van der Waals surface area contributed by atoms with Crippen LogP contribution in [0.3, 0.4) is 0 Å². The molecule has 2 heterocycles. The lowest BCUT2D eigenvalue weighted by molar-refractivity contribution is -0.667. The van der Waals surface area contributed by atoms with Crippen molar-refractivity contribution in [3.63, 3.8) is 0 Å². The normalized spacial score (nSPS) is 14.8. The van der Waals surface area contributed by atoms with Gasteiger partial charge in [-0.25, -0.2) is 8.42 Å². The second-order valence-corrected chi connectivity index (χ2v) is 13.6. The van der Waals surface area contributed by atoms with Crippen molar-refractivity contribution in [2.24, 2.45) is 0 Å². The molecular formula is C32H30N2O7S3. The largest absolute Gasteiger partial charge is 0.748 e. The van der Waals surface area contributed by atoms with Crippen LogP contribution in [0.15, 0.2) is 90.8 Å². The first-order chi connectivity index (χ1) is 21.3. The molecule has 1 unspecified atom stereocenters. The van der Waals surface area contributed by atoms with Crippen molar-refractivity contribution in [3.8, 4) is 16.9 Å². The fraction of sp³-hybridized carbons (Fsp3) is 0.219. The predicted octanol–water partition coefficient (Wildman–Crippen LogP) is 6.08. The Morgan fingerprint density at radius 2 is 1.77 bits per heavy atom. The number of ether oxygens (including phenoxy) is 1. The maximum atomic E-state index is 11.4. The molecule has 0 spiro atoms. The van der Waals surface area contributed by atoms with Crippen molar-refractivity contribution >= 4 is 65.6 Å². The van der Waals surface area contributed by atoms with Crippen LogP contribution >= 0.6 is 11.3 Å². The summed E-state index contributed by atoms with van der Waals surface area (Å²) in [7, 11) is -4.35. The minimum Gasteiger partial charge on any atom is -0.748 e. The van der Waals surface area contributed by atoms with E-state index >= 15 is 0 Å². The molecule has 5 aromatic rings. The highest BCUT2D eigenvalue weighted by Gasteiger charge is 2.30. The minimum atomic E-state index is -4.35. The molecule has 0 fully saturated rings. The summed E-state index contributed by atoms with van der Waals surface area (Å²) in [6, 6.07) is 28.3. The number of hydrogen-bond donors (Lipinski definition) is 1. The molecule has 6 rings (SSSR count). The zero-order chi connectivity index (χ0) is 30.7. The molecule has 1 N–H and O–H groups in total. The van der Waals surface area contributed by atoms with Crippen LogP contribution < -0.4 is 14.2 Å². The third-order valence-corrected chi connectivity index (χ3v) is 9.69. The van der Waals surface area contributed by atoms with Gasteiger partial charge in [0.25, 0.3) is 5.01 Å². The van der Waals surface area contributed by atoms with E-state index in [1.165, 1.54) is 0 Å². The molecule has 228 valence electrons. The molecule has 1 aliphatic rings. The number of benzene rings is 4. The first kappa shape index (κ1) is 30.4. The van der Waals surface area contributed by atoms with Gasteiger partial charge < -0.3 is 14.2 Å². The van der Waals surface area contributed by atoms with E-state index in [-0.39, 0.29) is 13.0 Å². The maximum absolute atomic E-state index is 11.4. The molecule has 44 heavy (non-hydrogen) atoms. The van der Waals surface area contributed by atoms with Gasteiger partial charge in [-0.3, -0.25) is 8.74 Å². The fourth-order valence-electron chi connectivity index (χ4n) is 5.46. The lowest BCUT2D eigenvalue weighted by Gasteiger charge is -2.18. The Balaban J connectivity index is 1.41. The molecule has 0 saturated heterocycles. The summed E-state index contributed by atoms with van der Waals surface area (Å²) in [5, 5.41) is 2.96. The van der Waals surface area contributed by atoms with Crippen LogP contribution in [0.1, 0.15) is 24.3 Å². The number of fused-ring (bicyclic) bond motifs is 4. The van der Waals surface area contributed by atoms with Crippen molar-refractivity contribution in [1.29, 1.82) is 0 Å². The SMILES string of the molecule is O=S(O)OCCCCN1C(=Cc2sc3ccc4ccccc4c3[n+]2CCCS(=O)(=O)[O-])Oc2ccc(-c3ccccc3)cc21. The average Bonchev–Trinajstić information content (AvgIpc) is 3.53. The Kier molecular flexibility index (Phi) is 9.08. The standard InChI is InChI=1S/C32H30N2O7S3/c35-43(36)40-19-7-6-17-33-27-21-25(23-9-2-1-3-10-23)13-15-28(27)41-30(33)22-31-34(18-8-20-44(37,38)39)32-26-12-5-4-11-24(26)14-16-29(32)42-31/h1-5,9-16,21-22H,6-8,17-20H2,(H-,35,36,37,38,39). The van der Waals surface area contributed by atoms with E-state index in [2.05, 4.69) is 39.8 Å². The predicted molar refractivity (Wildman–Crippen MR) is 172 cm³/mol. The Morgan fingerprint density at radius 3 is 2.57 bits per heavy atom. The van der Waals surface area contributed by atoms with Gasteiger partial charge in [0.1, 0.15) is 4.70 Å². The number of nitrogens with zero attached hydrogens (tertiary/aromatic N) is 2. The zero-order valence-electron chi connectivity index (χ0n) is 23.6. The number of unbranched alkanes of at least 4 members (excludes halogenated alkanes) is 1. The van der Waals surface area contributed by atoms with Crippen LogP contribution in [0.5, 0.6) is 5.75 Å². The number of aromatic nitrogens is 1. The quantitative estimate of drug-likeness (QED) is 0.0748. The summed E-state index contributed by atoms with van der Waals surface area (Å²) in [5.74, 6) is 0.868. The van der Waals surface area contributed by atoms with Crippen LogP contribution in [-0.2, 0) is 32.2 Å². The van der Waals surface area contributed by atoms with Crippen molar-refractivity contribution in [2.45, 2.75) is 25.8 Å². The molecule has 12 heteroatoms. The molecule has 0 aliphatic carbocycles. The lowest BCUT2D eigenvalue weighted by atomic mass is 10.0. The van der Waals surface area contributed by atoms with E-state index in [4.69, 9.17) is 13.5 Å². The van der Waals surface area contributed by atoms with Gasteiger partial charge in [-0.15, -0.1) is 0 Å². The van der Waals surface area contributed by atoms with E-state index < -0.39 is 27.2 Å². The second kappa shape index (κ2) is 13.1. The third kappa shape index (κ3) is 6.85. The smallest absolute Gasteiger partial charge is 0.301 e. The van der Waals surface area contributed by atoms with Gasteiger partial charge in [0.2, 0.25) is 11.4 Å². The van der Waals surface area contributed by atoms with E-state index in [1.54, 1.807) is 11.3 Å². The van der Waals surface area contributed by atoms with Crippen LogP contribution in [0.4, 0.5) is 5.69 Å². The van der Waals surface area contributed by atoms with Gasteiger partial charge in [-0.05, 0) is 53.6 Å². The van der Waals surface area contributed by atoms with Crippen LogP contribution in [0.2, 0.25) is 0 Å². The molecule has 9 nitrogen and oxygen atoms in total. The highest BCUT2D eigenvalue weighted by molar-refractivity contribution is 7.85. The van der Waals surface area contributed by atoms with Crippen molar-refractivity contribution in [3.05, 3.63) is 95.8 Å². The molecule has 4 aromatic carbocycles. The lowest BCUT2D eigenvalue weighted by Crippen LogP contribution is -2.36. The first-order valence-corrected chi connectivity index (χ1v) is 17.6. The summed E-state index contributed by atoms with van der Waals surface area (Å²) >= 11 is -0.733. The molecular weight excluding hydrogens is 621 g/mol. The maximum Gasteiger partial charge on any atom is 0.301 e. The Morgan fingerprint density at radius 1 is 0.977 bits per heavy atom. The zero-order valence-corrected chi connectivity index (χ0v) is 26.1. The van der Waals surface area contributed by atoms with Crippen LogP contribution in [-0.4, -0.2) is 40.6 Å². The van der Waals surface area contributed by atoms with Crippen molar-refractivity contribution < 1.29 is 35.2 Å². The number of thiazole rings is 1. The summed E-state index contributed by atoms with van der Waals surface area (Å²) in [6.07, 6.45) is 3.39. The molecule has 1 aromatic heterocycles. The van der Waals surface area contributed by atoms with E-state index in [1.807, 2.05) is 60.7 Å². The van der Waals surface area contributed by atoms with Crippen molar-refractivity contribution in [2.75, 3.05) is 23.8 Å². The number of aryl methyl sites for hydroxylation is 1. The summed E-state index contributed by atoms with van der Waals surface area (Å²) in [4.78, 5) is 2.09. The molecule has 0 saturated carbocycles. The van der Waals surface area contributed by atoms with E-state index in [0.717, 1.165) is 42.8 Å². The fourth-order valence-corrected chi connectivity index (χ4v) is 7.33. The van der Waals surface area contributed by atoms with Crippen molar-refractivity contribution in [1.82, 2.24) is 0 Å². The van der Waals surface area contributed by atoms with Gasteiger partial charge in [-0.2, -0.15) is 8.78 Å². The minimum absolute atomic E-state index is 0.153. The van der Waals surface area contributed by atoms with E-state index in [0.29, 0.717) is 37.6 Å². The second-order valence-electron chi connectivity index (χ2n) is 10.4. The summed E-state index contributed by atoms with van der Waals surface area (Å²) < 4.78 is 68.5. The summed E-state index contributed by atoms with van der Waals surface area (Å²) in [6.45, 7) is 1.07. The van der Waals surface area contributed by atoms with Gasteiger partial charge in [-0.1, -0.05) is 72.0 Å². The van der Waals surface area contributed by atoms with Crippen LogP contribution in [0, 0.1) is 0 Å². The Hall–Kier alpha value is -3.65. The molecule has 0 amide bonds. The number of hydrogen-bond acceptors (Lipinski definition) is 8. The van der Waals surface area contributed by atoms with Gasteiger partial charge in [0, 0.05) is 18.7 Å². The average molecular weight is 651 g/mol. The summed E-state index contributed by atoms with van der Waals surface area (Å²) in [5.41, 5.74) is 4.00. The van der Waals surface area contributed by atoms with Crippen LogP contribution in [0.25, 0.3) is 38.2 Å². The molecule has 0 bridgehead atoms. The molecule has 1 atom stereocenters. The number of anilines is 1. The molecule has 0 radical (unpaired) electrons. The van der Waals surface area contributed by atoms with Gasteiger partial charge >= 0.3 is 11.4 Å². The number of rotatable bonds is 12. The van der Waals surface area contributed by atoms with Gasteiger partial charge in [0.05, 0.1) is 33.9 Å². The Labute approximate surface area is 262 Å². The van der Waals surface area contributed by atoms with E-state index in [9.17, 15) is 17.2 Å². The van der Waals surface area contributed by atoms with Gasteiger partial charge in [0.15, 0.2) is 12.3 Å². The molecule has 1 aliphatic heterocycles. The Bertz CT molecular complexity index is 1970. The monoisotopic (exact) mass is 650 g/mol.